The molecule has 0 saturated heterocycles. The lowest BCUT2D eigenvalue weighted by Crippen LogP contribution is -2.32. The summed E-state index contributed by atoms with van der Waals surface area (Å²) < 4.78 is 111. The molecule has 1 aliphatic heterocycles. The summed E-state index contributed by atoms with van der Waals surface area (Å²) in [5.74, 6) is -0.591. The van der Waals surface area contributed by atoms with Crippen LogP contribution in [0.3, 0.4) is 0 Å². The van der Waals surface area contributed by atoms with Crippen LogP contribution in [0.4, 0.5) is 5.69 Å². The second-order valence-electron chi connectivity index (χ2n) is 12.7. The van der Waals surface area contributed by atoms with E-state index >= 15 is 0 Å². The van der Waals surface area contributed by atoms with Crippen molar-refractivity contribution in [2.45, 2.75) is 74.0 Å². The molecule has 0 bridgehead atoms. The van der Waals surface area contributed by atoms with Crippen molar-refractivity contribution in [2.24, 2.45) is 5.92 Å². The van der Waals surface area contributed by atoms with Crippen LogP contribution in [0.2, 0.25) is 0 Å². The molecule has 2 aromatic carbocycles. The van der Waals surface area contributed by atoms with Gasteiger partial charge in [0.2, 0.25) is 0 Å². The first kappa shape index (κ1) is 39.8. The van der Waals surface area contributed by atoms with Crippen LogP contribution >= 0.6 is 0 Å². The second-order valence-corrected chi connectivity index (χ2v) is 17.1. The van der Waals surface area contributed by atoms with Crippen LogP contribution in [0, 0.1) is 12.8 Å². The molecule has 1 heterocycles. The van der Waals surface area contributed by atoms with Gasteiger partial charge in [0.1, 0.15) is 0 Å². The highest BCUT2D eigenvalue weighted by Crippen LogP contribution is 2.51. The third-order valence-electron chi connectivity index (χ3n) is 9.46. The first-order chi connectivity index (χ1) is 22.2. The lowest BCUT2D eigenvalue weighted by molar-refractivity contribution is 0.159. The standard InChI is InChI=1S/C33H47NO11S3/c1-24-12-13-26(47(38,39)40)22-28(24)32(3,17-19-44-5)25(2)10-9-11-31-33(4,16-7-8-21-46(35,36)37)29-23-27(48(41,42)43)14-15-30(29)34(31)18-20-45-6/h9-15,22-23,25H,7-8,16-21H2,1-6H3,(H,35,36,37)(H,38,39,40)(H,41,42,43)/b10-9+,31-11+. The zero-order valence-corrected chi connectivity index (χ0v) is 30.7. The molecular formula is C33H47NO11S3. The fourth-order valence-electron chi connectivity index (χ4n) is 6.47. The Bertz CT molecular complexity index is 1850. The number of nitrogens with zero attached hydrogens (tertiary/aromatic N) is 1. The van der Waals surface area contributed by atoms with Crippen LogP contribution in [0.1, 0.15) is 63.1 Å². The molecule has 3 rings (SSSR count). The maximum atomic E-state index is 12.1. The maximum absolute atomic E-state index is 12.1. The number of fused-ring (bicyclic) bond motifs is 1. The summed E-state index contributed by atoms with van der Waals surface area (Å²) in [4.78, 5) is 1.55. The van der Waals surface area contributed by atoms with Crippen molar-refractivity contribution in [2.75, 3.05) is 44.6 Å². The molecule has 0 saturated carbocycles. The van der Waals surface area contributed by atoms with Crippen molar-refractivity contribution in [3.8, 4) is 0 Å². The zero-order valence-electron chi connectivity index (χ0n) is 28.2. The number of aryl methyl sites for hydroxylation is 1. The summed E-state index contributed by atoms with van der Waals surface area (Å²) in [6.45, 7) is 8.97. The Morgan fingerprint density at radius 2 is 1.52 bits per heavy atom. The fourth-order valence-corrected chi connectivity index (χ4v) is 8.05. The van der Waals surface area contributed by atoms with E-state index in [-0.39, 0.29) is 22.1 Å². The van der Waals surface area contributed by atoms with Gasteiger partial charge in [0.15, 0.2) is 0 Å². The number of methoxy groups -OCH3 is 2. The average molecular weight is 730 g/mol. The molecule has 3 unspecified atom stereocenters. The lowest BCUT2D eigenvalue weighted by atomic mass is 9.69. The third-order valence-corrected chi connectivity index (χ3v) is 12.0. The Balaban J connectivity index is 2.15. The van der Waals surface area contributed by atoms with E-state index in [1.54, 1.807) is 26.4 Å². The van der Waals surface area contributed by atoms with E-state index in [4.69, 9.17) is 9.47 Å². The van der Waals surface area contributed by atoms with Gasteiger partial charge in [0.25, 0.3) is 30.4 Å². The SMILES string of the molecule is COCCN1/C(=C/C=C/C(C)C(C)(CCOC)c2cc(S(=O)(=O)O)ccc2C)C(C)(CCCCS(=O)(=O)O)c2cc(S(=O)(=O)O)ccc21. The molecular weight excluding hydrogens is 683 g/mol. The van der Waals surface area contributed by atoms with E-state index in [1.807, 2.05) is 50.8 Å². The minimum atomic E-state index is -4.52. The smallest absolute Gasteiger partial charge is 0.294 e. The Labute approximate surface area is 285 Å². The van der Waals surface area contributed by atoms with E-state index in [0.717, 1.165) is 16.8 Å². The fraction of sp³-hybridized carbons (Fsp3) is 0.515. The van der Waals surface area contributed by atoms with Gasteiger partial charge in [0, 0.05) is 49.6 Å². The zero-order chi connectivity index (χ0) is 36.1. The Hall–Kier alpha value is -2.63. The van der Waals surface area contributed by atoms with Crippen molar-refractivity contribution < 1.29 is 48.4 Å². The van der Waals surface area contributed by atoms with Crippen molar-refractivity contribution >= 4 is 36.0 Å². The number of anilines is 1. The summed E-state index contributed by atoms with van der Waals surface area (Å²) >= 11 is 0. The van der Waals surface area contributed by atoms with E-state index < -0.39 is 46.9 Å². The van der Waals surface area contributed by atoms with Gasteiger partial charge in [-0.15, -0.1) is 0 Å². The van der Waals surface area contributed by atoms with Crippen LogP contribution in [0.15, 0.2) is 70.1 Å². The average Bonchev–Trinajstić information content (AvgIpc) is 3.22. The molecule has 12 nitrogen and oxygen atoms in total. The minimum Gasteiger partial charge on any atom is -0.385 e. The molecule has 3 N–H and O–H groups in total. The van der Waals surface area contributed by atoms with Crippen LogP contribution in [-0.4, -0.2) is 78.6 Å². The van der Waals surface area contributed by atoms with Crippen molar-refractivity contribution in [1.29, 1.82) is 0 Å². The summed E-state index contributed by atoms with van der Waals surface area (Å²) in [6, 6.07) is 8.93. The molecule has 0 amide bonds. The largest absolute Gasteiger partial charge is 0.385 e. The predicted molar refractivity (Wildman–Crippen MR) is 184 cm³/mol. The van der Waals surface area contributed by atoms with Gasteiger partial charge in [-0.1, -0.05) is 38.5 Å². The lowest BCUT2D eigenvalue weighted by Gasteiger charge is -2.36. The molecule has 3 atom stereocenters. The normalized spacial score (nSPS) is 19.9. The summed E-state index contributed by atoms with van der Waals surface area (Å²) in [5.41, 5.74) is 2.30. The number of rotatable bonds is 17. The highest BCUT2D eigenvalue weighted by Gasteiger charge is 2.43. The highest BCUT2D eigenvalue weighted by atomic mass is 32.2. The molecule has 0 aliphatic carbocycles. The molecule has 0 spiro atoms. The second kappa shape index (κ2) is 15.5. The van der Waals surface area contributed by atoms with Crippen LogP contribution in [0.25, 0.3) is 0 Å². The van der Waals surface area contributed by atoms with E-state index in [2.05, 4.69) is 0 Å². The molecule has 1 aliphatic rings. The molecule has 0 aromatic heterocycles. The minimum absolute atomic E-state index is 0.178. The number of ether oxygens (including phenoxy) is 2. The Morgan fingerprint density at radius 3 is 2.10 bits per heavy atom. The van der Waals surface area contributed by atoms with Crippen LogP contribution < -0.4 is 4.90 Å². The summed E-state index contributed by atoms with van der Waals surface area (Å²) in [6.07, 6.45) is 7.30. The van der Waals surface area contributed by atoms with Crippen molar-refractivity contribution in [3.63, 3.8) is 0 Å². The molecule has 15 heteroatoms. The molecule has 0 radical (unpaired) electrons. The van der Waals surface area contributed by atoms with E-state index in [0.29, 0.717) is 50.3 Å². The summed E-state index contributed by atoms with van der Waals surface area (Å²) in [5, 5.41) is 0. The molecule has 48 heavy (non-hydrogen) atoms. The number of benzene rings is 2. The predicted octanol–water partition coefficient (Wildman–Crippen LogP) is 5.34. The van der Waals surface area contributed by atoms with E-state index in [9.17, 15) is 38.9 Å². The third kappa shape index (κ3) is 9.33. The first-order valence-electron chi connectivity index (χ1n) is 15.5. The number of allylic oxidation sites excluding steroid dienone is 4. The molecule has 0 fully saturated rings. The van der Waals surface area contributed by atoms with E-state index in [1.165, 1.54) is 24.3 Å². The maximum Gasteiger partial charge on any atom is 0.294 e. The van der Waals surface area contributed by atoms with Gasteiger partial charge in [-0.25, -0.2) is 0 Å². The molecule has 268 valence electrons. The number of unbranched alkanes of at least 4 members (excludes halogenated alkanes) is 1. The van der Waals surface area contributed by atoms with Crippen LogP contribution in [0.5, 0.6) is 0 Å². The van der Waals surface area contributed by atoms with Gasteiger partial charge < -0.3 is 14.4 Å². The quantitative estimate of drug-likeness (QED) is 0.140. The first-order valence-corrected chi connectivity index (χ1v) is 20.0. The topological polar surface area (TPSA) is 185 Å². The Kier molecular flexibility index (Phi) is 12.9. The molecule has 2 aromatic rings. The van der Waals surface area contributed by atoms with Crippen LogP contribution in [-0.2, 0) is 50.7 Å². The Morgan fingerprint density at radius 1 is 0.917 bits per heavy atom. The summed E-state index contributed by atoms with van der Waals surface area (Å²) in [7, 11) is -9.96. The monoisotopic (exact) mass is 729 g/mol. The number of hydrogen-bond acceptors (Lipinski definition) is 9. The number of hydrogen-bond donors (Lipinski definition) is 3. The van der Waals surface area contributed by atoms with Gasteiger partial charge in [-0.3, -0.25) is 13.7 Å². The van der Waals surface area contributed by atoms with Crippen molar-refractivity contribution in [3.05, 3.63) is 77.0 Å². The highest BCUT2D eigenvalue weighted by molar-refractivity contribution is 7.86. The van der Waals surface area contributed by atoms with Gasteiger partial charge in [-0.05, 0) is 92.1 Å². The van der Waals surface area contributed by atoms with Gasteiger partial charge in [-0.2, -0.15) is 25.3 Å². The van der Waals surface area contributed by atoms with Gasteiger partial charge in [0.05, 0.1) is 22.2 Å². The van der Waals surface area contributed by atoms with Gasteiger partial charge >= 0.3 is 0 Å². The van der Waals surface area contributed by atoms with Crippen molar-refractivity contribution in [1.82, 2.24) is 0 Å².